The van der Waals surface area contributed by atoms with Crippen molar-refractivity contribution in [1.29, 1.82) is 0 Å². The van der Waals surface area contributed by atoms with E-state index in [1.807, 2.05) is 44.2 Å². The number of amides is 2. The van der Waals surface area contributed by atoms with Crippen molar-refractivity contribution >= 4 is 30.2 Å². The zero-order chi connectivity index (χ0) is 24.4. The Balaban J connectivity index is 0.00000578. The third-order valence-corrected chi connectivity index (χ3v) is 5.17. The highest BCUT2D eigenvalue weighted by atomic mass is 35.5. The molecule has 0 fully saturated rings. The Morgan fingerprint density at radius 2 is 1.59 bits per heavy atom. The molecule has 0 aromatic heterocycles. The van der Waals surface area contributed by atoms with Crippen LogP contribution in [0.1, 0.15) is 41.8 Å². The van der Waals surface area contributed by atoms with E-state index in [1.165, 1.54) is 7.11 Å². The van der Waals surface area contributed by atoms with Gasteiger partial charge in [-0.05, 0) is 42.0 Å². The fraction of sp³-hybridized carbons (Fsp3) is 0.400. The van der Waals surface area contributed by atoms with Crippen molar-refractivity contribution in [3.8, 4) is 0 Å². The molecular formula is C25H34ClN3O5. The SMILES string of the molecule is COC(=O)c1ccc(CNC(=O)[C@H](CC(C)C)NC(=O)[C@@H](O)[C@H](N)Cc2ccccc2)cc1.Cl. The van der Waals surface area contributed by atoms with Gasteiger partial charge in [-0.15, -0.1) is 12.4 Å². The van der Waals surface area contributed by atoms with Gasteiger partial charge in [0.05, 0.1) is 12.7 Å². The third kappa shape index (κ3) is 9.13. The number of halogens is 1. The van der Waals surface area contributed by atoms with Crippen LogP contribution in [-0.2, 0) is 27.3 Å². The molecule has 3 atom stereocenters. The van der Waals surface area contributed by atoms with Gasteiger partial charge in [-0.1, -0.05) is 56.3 Å². The molecule has 0 heterocycles. The van der Waals surface area contributed by atoms with Crippen LogP contribution in [0.3, 0.4) is 0 Å². The number of aliphatic hydroxyl groups is 1. The van der Waals surface area contributed by atoms with E-state index in [2.05, 4.69) is 15.4 Å². The Bertz CT molecular complexity index is 922. The van der Waals surface area contributed by atoms with Crippen LogP contribution < -0.4 is 16.4 Å². The summed E-state index contributed by atoms with van der Waals surface area (Å²) in [6.45, 7) is 4.10. The summed E-state index contributed by atoms with van der Waals surface area (Å²) in [4.78, 5) is 36.9. The van der Waals surface area contributed by atoms with E-state index >= 15 is 0 Å². The minimum atomic E-state index is -1.45. The van der Waals surface area contributed by atoms with Gasteiger partial charge in [0.2, 0.25) is 5.91 Å². The Hall–Kier alpha value is -2.94. The second-order valence-electron chi connectivity index (χ2n) is 8.40. The average molecular weight is 492 g/mol. The maximum atomic E-state index is 12.8. The van der Waals surface area contributed by atoms with E-state index in [4.69, 9.17) is 5.73 Å². The van der Waals surface area contributed by atoms with Crippen LogP contribution in [0.5, 0.6) is 0 Å². The van der Waals surface area contributed by atoms with Crippen LogP contribution in [0.4, 0.5) is 0 Å². The maximum absolute atomic E-state index is 12.8. The molecule has 2 amide bonds. The predicted octanol–water partition coefficient (Wildman–Crippen LogP) is 1.97. The fourth-order valence-electron chi connectivity index (χ4n) is 3.34. The van der Waals surface area contributed by atoms with Gasteiger partial charge in [0, 0.05) is 12.6 Å². The first-order valence-corrected chi connectivity index (χ1v) is 10.9. The van der Waals surface area contributed by atoms with Crippen molar-refractivity contribution in [3.63, 3.8) is 0 Å². The molecule has 0 spiro atoms. The van der Waals surface area contributed by atoms with Crippen LogP contribution >= 0.6 is 12.4 Å². The van der Waals surface area contributed by atoms with Crippen LogP contribution in [0.25, 0.3) is 0 Å². The average Bonchev–Trinajstić information content (AvgIpc) is 2.81. The molecule has 0 bridgehead atoms. The Kier molecular flexibility index (Phi) is 12.3. The number of nitrogens with two attached hydrogens (primary N) is 1. The normalized spacial score (nSPS) is 13.2. The summed E-state index contributed by atoms with van der Waals surface area (Å²) >= 11 is 0. The lowest BCUT2D eigenvalue weighted by atomic mass is 9.99. The molecule has 0 saturated heterocycles. The second kappa shape index (κ2) is 14.3. The van der Waals surface area contributed by atoms with Crippen molar-refractivity contribution in [1.82, 2.24) is 10.6 Å². The van der Waals surface area contributed by atoms with Gasteiger partial charge in [0.15, 0.2) is 0 Å². The van der Waals surface area contributed by atoms with Crippen LogP contribution in [-0.4, -0.2) is 48.2 Å². The number of aliphatic hydroxyl groups excluding tert-OH is 1. The molecule has 2 rings (SSSR count). The summed E-state index contributed by atoms with van der Waals surface area (Å²) < 4.78 is 4.67. The molecule has 186 valence electrons. The van der Waals surface area contributed by atoms with Gasteiger partial charge in [-0.25, -0.2) is 4.79 Å². The van der Waals surface area contributed by atoms with E-state index in [0.29, 0.717) is 18.4 Å². The lowest BCUT2D eigenvalue weighted by Crippen LogP contribution is -2.54. The second-order valence-corrected chi connectivity index (χ2v) is 8.40. The van der Waals surface area contributed by atoms with Crippen LogP contribution in [0.15, 0.2) is 54.6 Å². The molecule has 0 aliphatic heterocycles. The Morgan fingerprint density at radius 3 is 2.15 bits per heavy atom. The van der Waals surface area contributed by atoms with E-state index in [9.17, 15) is 19.5 Å². The lowest BCUT2D eigenvalue weighted by Gasteiger charge is -2.24. The molecule has 8 nitrogen and oxygen atoms in total. The highest BCUT2D eigenvalue weighted by Gasteiger charge is 2.28. The number of nitrogens with one attached hydrogen (secondary N) is 2. The van der Waals surface area contributed by atoms with E-state index in [0.717, 1.165) is 11.1 Å². The fourth-order valence-corrected chi connectivity index (χ4v) is 3.34. The van der Waals surface area contributed by atoms with Gasteiger partial charge in [0.25, 0.3) is 5.91 Å². The van der Waals surface area contributed by atoms with Crippen LogP contribution in [0.2, 0.25) is 0 Å². The maximum Gasteiger partial charge on any atom is 0.337 e. The number of hydrogen-bond acceptors (Lipinski definition) is 6. The van der Waals surface area contributed by atoms with E-state index < -0.39 is 30.1 Å². The number of methoxy groups -OCH3 is 1. The third-order valence-electron chi connectivity index (χ3n) is 5.17. The summed E-state index contributed by atoms with van der Waals surface area (Å²) in [7, 11) is 1.31. The molecular weight excluding hydrogens is 458 g/mol. The minimum absolute atomic E-state index is 0. The first kappa shape index (κ1) is 29.1. The number of benzene rings is 2. The van der Waals surface area contributed by atoms with Crippen molar-refractivity contribution < 1.29 is 24.2 Å². The molecule has 2 aromatic carbocycles. The zero-order valence-electron chi connectivity index (χ0n) is 19.7. The molecule has 0 unspecified atom stereocenters. The molecule has 34 heavy (non-hydrogen) atoms. The highest BCUT2D eigenvalue weighted by Crippen LogP contribution is 2.10. The van der Waals surface area contributed by atoms with E-state index in [-0.39, 0.29) is 30.8 Å². The Labute approximate surface area is 206 Å². The minimum Gasteiger partial charge on any atom is -0.465 e. The highest BCUT2D eigenvalue weighted by molar-refractivity contribution is 5.90. The number of carbonyl (C=O) groups excluding carboxylic acids is 3. The predicted molar refractivity (Wildman–Crippen MR) is 132 cm³/mol. The molecule has 0 radical (unpaired) electrons. The summed E-state index contributed by atoms with van der Waals surface area (Å²) in [5.41, 5.74) is 8.15. The largest absolute Gasteiger partial charge is 0.465 e. The first-order valence-electron chi connectivity index (χ1n) is 10.9. The van der Waals surface area contributed by atoms with E-state index in [1.54, 1.807) is 24.3 Å². The van der Waals surface area contributed by atoms with Gasteiger partial charge < -0.3 is 26.2 Å². The standard InChI is InChI=1S/C25H33N3O5.ClH/c1-16(2)13-21(23(30)27-15-18-9-11-19(12-10-18)25(32)33-3)28-24(31)22(29)20(26)14-17-7-5-4-6-8-17;/h4-12,16,20-22,29H,13-15,26H2,1-3H3,(H,27,30)(H,28,31);1H/t20-,21+,22+;/m1./s1. The van der Waals surface area contributed by atoms with Crippen LogP contribution in [0, 0.1) is 5.92 Å². The molecule has 5 N–H and O–H groups in total. The first-order chi connectivity index (χ1) is 15.7. The number of rotatable bonds is 11. The number of ether oxygens (including phenoxy) is 1. The number of carbonyl (C=O) groups is 3. The summed E-state index contributed by atoms with van der Waals surface area (Å²) in [6, 6.07) is 14.4. The summed E-state index contributed by atoms with van der Waals surface area (Å²) in [6.07, 6.45) is -0.712. The molecule has 2 aromatic rings. The van der Waals surface area contributed by atoms with Crippen molar-refractivity contribution in [2.45, 2.75) is 51.4 Å². The molecule has 9 heteroatoms. The zero-order valence-corrected chi connectivity index (χ0v) is 20.5. The number of esters is 1. The number of hydrogen-bond donors (Lipinski definition) is 4. The summed E-state index contributed by atoms with van der Waals surface area (Å²) in [5, 5.41) is 15.8. The molecule has 0 saturated carbocycles. The van der Waals surface area contributed by atoms with Gasteiger partial charge in [-0.2, -0.15) is 0 Å². The van der Waals surface area contributed by atoms with Crippen molar-refractivity contribution in [2.24, 2.45) is 11.7 Å². The van der Waals surface area contributed by atoms with Gasteiger partial charge in [0.1, 0.15) is 12.1 Å². The smallest absolute Gasteiger partial charge is 0.337 e. The summed E-state index contributed by atoms with van der Waals surface area (Å²) in [5.74, 6) is -1.34. The van der Waals surface area contributed by atoms with Gasteiger partial charge >= 0.3 is 5.97 Å². The quantitative estimate of drug-likeness (QED) is 0.355. The lowest BCUT2D eigenvalue weighted by molar-refractivity contribution is -0.135. The Morgan fingerprint density at radius 1 is 0.971 bits per heavy atom. The van der Waals surface area contributed by atoms with Crippen molar-refractivity contribution in [3.05, 3.63) is 71.3 Å². The van der Waals surface area contributed by atoms with Gasteiger partial charge in [-0.3, -0.25) is 9.59 Å². The monoisotopic (exact) mass is 491 g/mol. The van der Waals surface area contributed by atoms with Crippen molar-refractivity contribution in [2.75, 3.05) is 7.11 Å². The molecule has 0 aliphatic rings. The topological polar surface area (TPSA) is 131 Å². The molecule has 0 aliphatic carbocycles.